The van der Waals surface area contributed by atoms with Crippen molar-refractivity contribution in [3.05, 3.63) is 65.7 Å². The van der Waals surface area contributed by atoms with Crippen LogP contribution in [0.25, 0.3) is 0 Å². The highest BCUT2D eigenvalue weighted by atomic mass is 16.5. The molecular formula is C43H64N8O12. The molecule has 0 saturated carbocycles. The van der Waals surface area contributed by atoms with E-state index in [-0.39, 0.29) is 44.1 Å². The van der Waals surface area contributed by atoms with E-state index in [1.807, 2.05) is 6.07 Å². The average Bonchev–Trinajstić information content (AvgIpc) is 3.21. The van der Waals surface area contributed by atoms with Crippen LogP contribution in [0.15, 0.2) is 54.6 Å². The molecule has 0 aromatic heterocycles. The van der Waals surface area contributed by atoms with Crippen LogP contribution in [0, 0.1) is 11.8 Å². The number of hydrogen-bond acceptors (Lipinski definition) is 13. The highest BCUT2D eigenvalue weighted by molar-refractivity contribution is 5.97. The zero-order valence-corrected chi connectivity index (χ0v) is 36.6. The molecule has 20 heteroatoms. The second-order valence-corrected chi connectivity index (χ2v) is 16.1. The molecule has 2 aromatic carbocycles. The summed E-state index contributed by atoms with van der Waals surface area (Å²) in [4.78, 5) is 104. The maximum Gasteiger partial charge on any atom is 0.323 e. The largest absolute Gasteiger partial charge is 0.508 e. The van der Waals surface area contributed by atoms with Crippen LogP contribution in [0.5, 0.6) is 5.75 Å². The van der Waals surface area contributed by atoms with E-state index >= 15 is 0 Å². The van der Waals surface area contributed by atoms with Gasteiger partial charge in [0.2, 0.25) is 35.4 Å². The standard InChI is InChI=1S/C43H64N8O12/c1-23(2)20-33(40(59)47-25(5)37(45)56)49-38(57)31(16-17-34(54)55)48-41(60)35(24(3)4)50-42(61)36(26(6)52)51-39(58)32(21-27-12-14-29(53)15-13-27)46-19-18-30(44)43(62)63-22-28-10-8-7-9-11-28/h7-15,23-26,30-33,35-36,46,52-53H,16-22,44H2,1-6H3,(H2,45,56)(H,47,59)(H,48,60)(H,49,57)(H,50,61)(H,51,58)(H,54,55). The van der Waals surface area contributed by atoms with E-state index in [1.165, 1.54) is 26.0 Å². The number of benzene rings is 2. The Morgan fingerprint density at radius 1 is 0.667 bits per heavy atom. The summed E-state index contributed by atoms with van der Waals surface area (Å²) < 4.78 is 5.31. The van der Waals surface area contributed by atoms with Gasteiger partial charge in [-0.2, -0.15) is 0 Å². The topological polar surface area (TPSA) is 331 Å². The van der Waals surface area contributed by atoms with E-state index in [0.29, 0.717) is 5.56 Å². The van der Waals surface area contributed by atoms with Gasteiger partial charge in [-0.15, -0.1) is 0 Å². The number of nitrogens with two attached hydrogens (primary N) is 2. The zero-order chi connectivity index (χ0) is 47.4. The number of rotatable bonds is 27. The molecule has 0 bridgehead atoms. The van der Waals surface area contributed by atoms with E-state index in [9.17, 15) is 53.7 Å². The zero-order valence-electron chi connectivity index (χ0n) is 36.6. The van der Waals surface area contributed by atoms with Gasteiger partial charge in [0.1, 0.15) is 48.6 Å². The first-order valence-electron chi connectivity index (χ1n) is 20.8. The third-order valence-electron chi connectivity index (χ3n) is 9.78. The number of hydrogen-bond donors (Lipinski definition) is 11. The monoisotopic (exact) mass is 884 g/mol. The Kier molecular flexibility index (Phi) is 22.2. The molecule has 13 N–H and O–H groups in total. The summed E-state index contributed by atoms with van der Waals surface area (Å²) in [6.45, 7) is 9.40. The number of aliphatic hydroxyl groups is 1. The van der Waals surface area contributed by atoms with Crippen LogP contribution < -0.4 is 43.4 Å². The van der Waals surface area contributed by atoms with Crippen molar-refractivity contribution in [2.24, 2.45) is 23.3 Å². The van der Waals surface area contributed by atoms with E-state index in [2.05, 4.69) is 31.9 Å². The van der Waals surface area contributed by atoms with E-state index in [1.54, 1.807) is 64.1 Å². The fraction of sp³-hybridized carbons (Fsp3) is 0.535. The van der Waals surface area contributed by atoms with Gasteiger partial charge in [0.15, 0.2) is 0 Å². The highest BCUT2D eigenvalue weighted by Crippen LogP contribution is 2.13. The lowest BCUT2D eigenvalue weighted by atomic mass is 9.99. The third-order valence-corrected chi connectivity index (χ3v) is 9.78. The number of carbonyl (C=O) groups excluding carboxylic acids is 7. The van der Waals surface area contributed by atoms with Crippen molar-refractivity contribution in [3.63, 3.8) is 0 Å². The Hall–Kier alpha value is -6.12. The van der Waals surface area contributed by atoms with Gasteiger partial charge in [-0.05, 0) is 81.2 Å². The Morgan fingerprint density at radius 3 is 1.78 bits per heavy atom. The fourth-order valence-corrected chi connectivity index (χ4v) is 6.09. The summed E-state index contributed by atoms with van der Waals surface area (Å²) in [7, 11) is 0. The predicted octanol–water partition coefficient (Wildman–Crippen LogP) is -0.769. The number of primary amides is 1. The van der Waals surface area contributed by atoms with Crippen molar-refractivity contribution in [2.45, 2.75) is 129 Å². The van der Waals surface area contributed by atoms with Gasteiger partial charge in [0.05, 0.1) is 12.1 Å². The summed E-state index contributed by atoms with van der Waals surface area (Å²) in [5.41, 5.74) is 12.7. The van der Waals surface area contributed by atoms with Gasteiger partial charge in [0, 0.05) is 6.42 Å². The van der Waals surface area contributed by atoms with E-state index < -0.39 is 115 Å². The van der Waals surface area contributed by atoms with Crippen molar-refractivity contribution in [1.82, 2.24) is 31.9 Å². The van der Waals surface area contributed by atoms with Crippen molar-refractivity contribution < 1.29 is 58.4 Å². The van der Waals surface area contributed by atoms with Crippen molar-refractivity contribution in [2.75, 3.05) is 6.54 Å². The Balaban J connectivity index is 2.24. The minimum atomic E-state index is -1.62. The fourth-order valence-electron chi connectivity index (χ4n) is 6.09. The maximum atomic E-state index is 13.8. The van der Waals surface area contributed by atoms with Crippen LogP contribution >= 0.6 is 0 Å². The number of amides is 6. The van der Waals surface area contributed by atoms with Crippen LogP contribution in [0.4, 0.5) is 0 Å². The number of carbonyl (C=O) groups is 8. The number of phenols is 1. The minimum absolute atomic E-state index is 0.00873. The lowest BCUT2D eigenvalue weighted by Crippen LogP contribution is -2.62. The second-order valence-electron chi connectivity index (χ2n) is 16.1. The number of carboxylic acid groups (broad SMARTS) is 1. The van der Waals surface area contributed by atoms with Crippen molar-refractivity contribution in [3.8, 4) is 5.75 Å². The third kappa shape index (κ3) is 19.2. The van der Waals surface area contributed by atoms with Gasteiger partial charge in [-0.1, -0.05) is 70.2 Å². The van der Waals surface area contributed by atoms with Crippen LogP contribution in [0.3, 0.4) is 0 Å². The van der Waals surface area contributed by atoms with Crippen LogP contribution in [-0.4, -0.2) is 118 Å². The molecule has 0 aliphatic heterocycles. The molecule has 63 heavy (non-hydrogen) atoms. The molecule has 0 fully saturated rings. The summed E-state index contributed by atoms with van der Waals surface area (Å²) in [6.07, 6.45) is -2.25. The number of esters is 1. The summed E-state index contributed by atoms with van der Waals surface area (Å²) >= 11 is 0. The van der Waals surface area contributed by atoms with E-state index in [0.717, 1.165) is 5.56 Å². The normalized spacial score (nSPS) is 15.0. The smallest absolute Gasteiger partial charge is 0.323 e. The quantitative estimate of drug-likeness (QED) is 0.0491. The molecule has 20 nitrogen and oxygen atoms in total. The number of aromatic hydroxyl groups is 1. The molecule has 0 aliphatic rings. The summed E-state index contributed by atoms with van der Waals surface area (Å²) in [5, 5.41) is 45.4. The summed E-state index contributed by atoms with van der Waals surface area (Å²) in [5.74, 6) is -7.78. The lowest BCUT2D eigenvalue weighted by Gasteiger charge is -2.29. The molecule has 8 unspecified atom stereocenters. The lowest BCUT2D eigenvalue weighted by molar-refractivity contribution is -0.146. The Bertz CT molecular complexity index is 1840. The molecule has 0 radical (unpaired) electrons. The number of phenolic OH excluding ortho intramolecular Hbond substituents is 1. The number of ether oxygens (including phenoxy) is 1. The molecule has 6 amide bonds. The molecule has 0 saturated heterocycles. The predicted molar refractivity (Wildman–Crippen MR) is 230 cm³/mol. The van der Waals surface area contributed by atoms with Gasteiger partial charge < -0.3 is 63.4 Å². The molecule has 0 spiro atoms. The molecule has 8 atom stereocenters. The van der Waals surface area contributed by atoms with Gasteiger partial charge in [-0.3, -0.25) is 38.4 Å². The van der Waals surface area contributed by atoms with Gasteiger partial charge in [-0.25, -0.2) is 0 Å². The second kappa shape index (κ2) is 26.4. The first kappa shape index (κ1) is 53.0. The first-order chi connectivity index (χ1) is 29.6. The van der Waals surface area contributed by atoms with Crippen LogP contribution in [0.2, 0.25) is 0 Å². The maximum absolute atomic E-state index is 13.8. The molecule has 0 aliphatic carbocycles. The Morgan fingerprint density at radius 2 is 1.22 bits per heavy atom. The number of nitrogens with one attached hydrogen (secondary N) is 6. The van der Waals surface area contributed by atoms with E-state index in [4.69, 9.17) is 16.2 Å². The molecule has 2 aromatic rings. The van der Waals surface area contributed by atoms with Crippen molar-refractivity contribution >= 4 is 47.4 Å². The molecule has 348 valence electrons. The minimum Gasteiger partial charge on any atom is -0.508 e. The van der Waals surface area contributed by atoms with Gasteiger partial charge in [0.25, 0.3) is 0 Å². The van der Waals surface area contributed by atoms with Crippen molar-refractivity contribution in [1.29, 1.82) is 0 Å². The first-order valence-corrected chi connectivity index (χ1v) is 20.8. The molecular weight excluding hydrogens is 821 g/mol. The number of carboxylic acids is 1. The number of aliphatic carboxylic acids is 1. The number of aliphatic hydroxyl groups excluding tert-OH is 1. The molecule has 2 rings (SSSR count). The summed E-state index contributed by atoms with van der Waals surface area (Å²) in [6, 6.07) is 6.19. The Labute approximate surface area is 367 Å². The molecule has 0 heterocycles. The van der Waals surface area contributed by atoms with Crippen LogP contribution in [-0.2, 0) is 56.1 Å². The van der Waals surface area contributed by atoms with Crippen LogP contribution in [0.1, 0.15) is 78.4 Å². The van der Waals surface area contributed by atoms with Gasteiger partial charge >= 0.3 is 11.9 Å². The SMILES string of the molecule is CC(C)CC(NC(=O)C(CCC(=O)O)NC(=O)C(NC(=O)C(NC(=O)C(Cc1ccc(O)cc1)NCCC(N)C(=O)OCc1ccccc1)C(C)O)C(C)C)C(=O)NC(C)C(N)=O. The highest BCUT2D eigenvalue weighted by Gasteiger charge is 2.35. The average molecular weight is 885 g/mol.